The largest absolute Gasteiger partial charge is 0.444 e. The molecule has 1 atom stereocenters. The van der Waals surface area contributed by atoms with E-state index in [1.165, 1.54) is 11.1 Å². The molecule has 0 aromatic carbocycles. The molecule has 3 heterocycles. The molecule has 3 rings (SSSR count). The Labute approximate surface area is 210 Å². The number of pyridine rings is 1. The summed E-state index contributed by atoms with van der Waals surface area (Å²) in [6.07, 6.45) is -2.61. The smallest absolute Gasteiger partial charge is 0.419 e. The maximum absolute atomic E-state index is 14.4. The first-order valence-electron chi connectivity index (χ1n) is 11.5. The molecule has 2 aromatic heterocycles. The van der Waals surface area contributed by atoms with E-state index >= 15 is 0 Å². The molecule has 1 saturated heterocycles. The van der Waals surface area contributed by atoms with E-state index in [1.54, 1.807) is 32.6 Å². The number of piperazine rings is 1. The number of carbonyl (C=O) groups excluding carboxylic acids is 2. The van der Waals surface area contributed by atoms with Crippen LogP contribution in [0.5, 0.6) is 0 Å². The maximum Gasteiger partial charge on any atom is 0.419 e. The van der Waals surface area contributed by atoms with Crippen LogP contribution in [0.15, 0.2) is 29.5 Å². The lowest BCUT2D eigenvalue weighted by atomic mass is 10.2. The molecule has 0 bridgehead atoms. The molecule has 1 fully saturated rings. The van der Waals surface area contributed by atoms with Crippen molar-refractivity contribution in [2.45, 2.75) is 52.1 Å². The monoisotopic (exact) mass is 528 g/mol. The van der Waals surface area contributed by atoms with Crippen molar-refractivity contribution in [1.29, 1.82) is 0 Å². The average molecular weight is 529 g/mol. The number of carbonyl (C=O) groups is 2. The van der Waals surface area contributed by atoms with Crippen molar-refractivity contribution in [3.05, 3.63) is 52.0 Å². The van der Waals surface area contributed by atoms with Gasteiger partial charge in [0.1, 0.15) is 5.60 Å². The minimum absolute atomic E-state index is 0.0548. The minimum Gasteiger partial charge on any atom is -0.444 e. The van der Waals surface area contributed by atoms with Crippen molar-refractivity contribution in [3.8, 4) is 0 Å². The van der Waals surface area contributed by atoms with Gasteiger partial charge in [0.25, 0.3) is 11.5 Å². The zero-order valence-corrected chi connectivity index (χ0v) is 20.8. The summed E-state index contributed by atoms with van der Waals surface area (Å²) in [6.45, 7) is 7.45. The Balaban J connectivity index is 1.65. The Bertz CT molecular complexity index is 1190. The standard InChI is InChI=1S/C23H28F4N6O4/c1-14(30-21(36)37-22(2,3)4)12-33-13-15(9-17(24)19(33)35)18(34)31-5-7-32(8-6-31)20-28-10-16(11-29-20)23(25,26)27/h9-11,13-14H,5-8,12H2,1-4H3,(H,30,36)/t14-/m0/s1. The number of alkyl carbamates (subject to hydrolysis) is 1. The van der Waals surface area contributed by atoms with Gasteiger partial charge in [-0.15, -0.1) is 0 Å². The number of nitrogens with one attached hydrogen (secondary N) is 1. The Kier molecular flexibility index (Phi) is 8.08. The Morgan fingerprint density at radius 1 is 1.11 bits per heavy atom. The van der Waals surface area contributed by atoms with Gasteiger partial charge in [0.05, 0.1) is 11.1 Å². The van der Waals surface area contributed by atoms with Crippen LogP contribution < -0.4 is 15.8 Å². The second-order valence-electron chi connectivity index (χ2n) is 9.63. The highest BCUT2D eigenvalue weighted by Gasteiger charge is 2.32. The van der Waals surface area contributed by atoms with Gasteiger partial charge in [-0.2, -0.15) is 13.2 Å². The van der Waals surface area contributed by atoms with Crippen LogP contribution in [-0.2, 0) is 17.5 Å². The molecule has 0 aliphatic carbocycles. The second kappa shape index (κ2) is 10.7. The van der Waals surface area contributed by atoms with Crippen LogP contribution in [0.3, 0.4) is 0 Å². The fraction of sp³-hybridized carbons (Fsp3) is 0.522. The fourth-order valence-electron chi connectivity index (χ4n) is 3.62. The lowest BCUT2D eigenvalue weighted by Crippen LogP contribution is -2.49. The molecule has 37 heavy (non-hydrogen) atoms. The zero-order valence-electron chi connectivity index (χ0n) is 20.8. The molecule has 0 radical (unpaired) electrons. The quantitative estimate of drug-likeness (QED) is 0.595. The predicted molar refractivity (Wildman–Crippen MR) is 125 cm³/mol. The number of nitrogens with zero attached hydrogens (tertiary/aromatic N) is 5. The van der Waals surface area contributed by atoms with E-state index in [0.29, 0.717) is 12.4 Å². The molecule has 1 aliphatic heterocycles. The third-order valence-corrected chi connectivity index (χ3v) is 5.34. The van der Waals surface area contributed by atoms with E-state index in [9.17, 15) is 31.9 Å². The summed E-state index contributed by atoms with van der Waals surface area (Å²) in [6, 6.07) is 0.253. The lowest BCUT2D eigenvalue weighted by molar-refractivity contribution is -0.138. The molecule has 0 saturated carbocycles. The summed E-state index contributed by atoms with van der Waals surface area (Å²) in [7, 11) is 0. The van der Waals surface area contributed by atoms with E-state index in [2.05, 4.69) is 15.3 Å². The number of ether oxygens (including phenoxy) is 1. The highest BCUT2D eigenvalue weighted by molar-refractivity contribution is 5.94. The number of hydrogen-bond acceptors (Lipinski definition) is 7. The molecular formula is C23H28F4N6O4. The minimum atomic E-state index is -4.54. The lowest BCUT2D eigenvalue weighted by Gasteiger charge is -2.34. The average Bonchev–Trinajstić information content (AvgIpc) is 2.79. The number of anilines is 1. The van der Waals surface area contributed by atoms with Crippen LogP contribution in [0.25, 0.3) is 0 Å². The molecule has 2 amide bonds. The molecular weight excluding hydrogens is 500 g/mol. The van der Waals surface area contributed by atoms with Gasteiger partial charge < -0.3 is 24.4 Å². The SMILES string of the molecule is C[C@@H](Cn1cc(C(=O)N2CCN(c3ncc(C(F)(F)F)cn3)CC2)cc(F)c1=O)NC(=O)OC(C)(C)C. The third kappa shape index (κ3) is 7.40. The molecule has 14 heteroatoms. The number of amides is 2. The van der Waals surface area contributed by atoms with E-state index < -0.39 is 46.8 Å². The van der Waals surface area contributed by atoms with Crippen molar-refractivity contribution < 1.29 is 31.9 Å². The van der Waals surface area contributed by atoms with E-state index in [1.807, 2.05) is 0 Å². The van der Waals surface area contributed by atoms with Gasteiger partial charge in [-0.05, 0) is 33.8 Å². The highest BCUT2D eigenvalue weighted by atomic mass is 19.4. The molecule has 2 aromatic rings. The van der Waals surface area contributed by atoms with E-state index in [-0.39, 0.29) is 44.2 Å². The van der Waals surface area contributed by atoms with Gasteiger partial charge in [0.15, 0.2) is 5.82 Å². The summed E-state index contributed by atoms with van der Waals surface area (Å²) in [5.74, 6) is -1.54. The first kappa shape index (κ1) is 27.9. The molecule has 202 valence electrons. The van der Waals surface area contributed by atoms with Crippen molar-refractivity contribution in [1.82, 2.24) is 24.8 Å². The topological polar surface area (TPSA) is 110 Å². The van der Waals surface area contributed by atoms with Crippen LogP contribution in [0, 0.1) is 5.82 Å². The maximum atomic E-state index is 14.4. The summed E-state index contributed by atoms with van der Waals surface area (Å²) >= 11 is 0. The normalized spacial score (nSPS) is 15.4. The Morgan fingerprint density at radius 3 is 2.24 bits per heavy atom. The number of alkyl halides is 3. The number of halogens is 4. The first-order valence-corrected chi connectivity index (χ1v) is 11.5. The van der Waals surface area contributed by atoms with E-state index in [0.717, 1.165) is 10.6 Å². The van der Waals surface area contributed by atoms with Gasteiger partial charge in [0, 0.05) is 57.4 Å². The highest BCUT2D eigenvalue weighted by Crippen LogP contribution is 2.28. The zero-order chi connectivity index (χ0) is 27.5. The molecule has 1 N–H and O–H groups in total. The first-order chi connectivity index (χ1) is 17.1. The number of hydrogen-bond donors (Lipinski definition) is 1. The Hall–Kier alpha value is -3.71. The van der Waals surface area contributed by atoms with Gasteiger partial charge >= 0.3 is 12.3 Å². The van der Waals surface area contributed by atoms with Crippen molar-refractivity contribution >= 4 is 17.9 Å². The van der Waals surface area contributed by atoms with Crippen molar-refractivity contribution in [2.75, 3.05) is 31.1 Å². The van der Waals surface area contributed by atoms with Gasteiger partial charge in [0.2, 0.25) is 5.95 Å². The van der Waals surface area contributed by atoms with Crippen molar-refractivity contribution in [2.24, 2.45) is 0 Å². The van der Waals surface area contributed by atoms with Crippen LogP contribution in [-0.4, -0.2) is 69.3 Å². The van der Waals surface area contributed by atoms with Gasteiger partial charge in [-0.3, -0.25) is 9.59 Å². The van der Waals surface area contributed by atoms with Crippen molar-refractivity contribution in [3.63, 3.8) is 0 Å². The van der Waals surface area contributed by atoms with Gasteiger partial charge in [-0.1, -0.05) is 0 Å². The Morgan fingerprint density at radius 2 is 1.70 bits per heavy atom. The predicted octanol–water partition coefficient (Wildman–Crippen LogP) is 2.67. The third-order valence-electron chi connectivity index (χ3n) is 5.34. The fourth-order valence-corrected chi connectivity index (χ4v) is 3.62. The molecule has 0 spiro atoms. The number of aromatic nitrogens is 3. The summed E-state index contributed by atoms with van der Waals surface area (Å²) in [5.41, 5.74) is -2.68. The summed E-state index contributed by atoms with van der Waals surface area (Å²) in [4.78, 5) is 47.9. The summed E-state index contributed by atoms with van der Waals surface area (Å²) < 4.78 is 58.7. The molecule has 10 nitrogen and oxygen atoms in total. The summed E-state index contributed by atoms with van der Waals surface area (Å²) in [5, 5.41) is 2.56. The van der Waals surface area contributed by atoms with E-state index in [4.69, 9.17) is 4.74 Å². The molecule has 1 aliphatic rings. The number of rotatable bonds is 5. The van der Waals surface area contributed by atoms with Crippen LogP contribution in [0.2, 0.25) is 0 Å². The molecule has 0 unspecified atom stereocenters. The second-order valence-corrected chi connectivity index (χ2v) is 9.63. The van der Waals surface area contributed by atoms with Crippen LogP contribution >= 0.6 is 0 Å². The van der Waals surface area contributed by atoms with Crippen LogP contribution in [0.4, 0.5) is 28.3 Å². The van der Waals surface area contributed by atoms with Gasteiger partial charge in [-0.25, -0.2) is 19.2 Å². The van der Waals surface area contributed by atoms with Crippen LogP contribution in [0.1, 0.15) is 43.6 Å².